The summed E-state index contributed by atoms with van der Waals surface area (Å²) < 4.78 is 6.29. The van der Waals surface area contributed by atoms with Gasteiger partial charge in [0.25, 0.3) is 0 Å². The van der Waals surface area contributed by atoms with Crippen molar-refractivity contribution >= 4 is 17.7 Å². The fourth-order valence-corrected chi connectivity index (χ4v) is 2.43. The lowest BCUT2D eigenvalue weighted by molar-refractivity contribution is -0.140. The summed E-state index contributed by atoms with van der Waals surface area (Å²) in [7, 11) is 1.40. The van der Waals surface area contributed by atoms with Crippen LogP contribution in [0, 0.1) is 6.92 Å². The van der Waals surface area contributed by atoms with Crippen molar-refractivity contribution in [2.24, 2.45) is 0 Å². The molecule has 0 aliphatic carbocycles. The largest absolute Gasteiger partial charge is 0.469 e. The van der Waals surface area contributed by atoms with Gasteiger partial charge < -0.3 is 4.74 Å². The van der Waals surface area contributed by atoms with Gasteiger partial charge in [0, 0.05) is 12.2 Å². The number of rotatable bonds is 6. The van der Waals surface area contributed by atoms with Crippen LogP contribution in [0.25, 0.3) is 5.69 Å². The number of carbonyl (C=O) groups is 1. The summed E-state index contributed by atoms with van der Waals surface area (Å²) in [5.74, 6) is 0.574. The number of thioether (sulfide) groups is 1. The first kappa shape index (κ1) is 14.5. The van der Waals surface area contributed by atoms with E-state index in [0.717, 1.165) is 23.0 Å². The molecule has 0 aliphatic heterocycles. The minimum atomic E-state index is -0.191. The van der Waals surface area contributed by atoms with Crippen molar-refractivity contribution in [3.8, 4) is 5.69 Å². The first-order valence-electron chi connectivity index (χ1n) is 6.26. The highest BCUT2D eigenvalue weighted by molar-refractivity contribution is 7.99. The van der Waals surface area contributed by atoms with Gasteiger partial charge in [-0.2, -0.15) is 4.68 Å². The van der Waals surface area contributed by atoms with E-state index in [-0.39, 0.29) is 5.97 Å². The monoisotopic (exact) mass is 292 g/mol. The average Bonchev–Trinajstić information content (AvgIpc) is 2.92. The first-order chi connectivity index (χ1) is 9.70. The van der Waals surface area contributed by atoms with Crippen LogP contribution in [0.4, 0.5) is 0 Å². The number of hydrogen-bond donors (Lipinski definition) is 0. The molecule has 6 nitrogen and oxygen atoms in total. The van der Waals surface area contributed by atoms with Gasteiger partial charge in [-0.05, 0) is 35.9 Å². The van der Waals surface area contributed by atoms with Gasteiger partial charge in [-0.25, -0.2) is 0 Å². The Morgan fingerprint density at radius 3 is 2.80 bits per heavy atom. The molecule has 106 valence electrons. The van der Waals surface area contributed by atoms with E-state index in [2.05, 4.69) is 20.3 Å². The van der Waals surface area contributed by atoms with Gasteiger partial charge in [0.2, 0.25) is 5.16 Å². The minimum absolute atomic E-state index is 0.191. The SMILES string of the molecule is COC(=O)CCCSc1nnnn1-c1ccc(C)cc1. The van der Waals surface area contributed by atoms with Crippen molar-refractivity contribution in [1.82, 2.24) is 20.2 Å². The molecular formula is C13H16N4O2S. The standard InChI is InChI=1S/C13H16N4O2S/c1-10-5-7-11(8-6-10)17-13(14-15-16-17)20-9-3-4-12(18)19-2/h5-8H,3-4,9H2,1-2H3. The minimum Gasteiger partial charge on any atom is -0.469 e. The molecule has 0 saturated heterocycles. The molecule has 2 aromatic rings. The number of methoxy groups -OCH3 is 1. The molecular weight excluding hydrogens is 276 g/mol. The van der Waals surface area contributed by atoms with E-state index < -0.39 is 0 Å². The van der Waals surface area contributed by atoms with Crippen LogP contribution in [0.2, 0.25) is 0 Å². The Labute approximate surface area is 121 Å². The molecule has 0 bridgehead atoms. The summed E-state index contributed by atoms with van der Waals surface area (Å²) in [6.45, 7) is 2.03. The molecule has 0 amide bonds. The van der Waals surface area contributed by atoms with Gasteiger partial charge in [-0.15, -0.1) is 5.10 Å². The van der Waals surface area contributed by atoms with E-state index in [0.29, 0.717) is 6.42 Å². The van der Waals surface area contributed by atoms with E-state index >= 15 is 0 Å². The highest BCUT2D eigenvalue weighted by Crippen LogP contribution is 2.19. The second-order valence-electron chi connectivity index (χ2n) is 4.24. The van der Waals surface area contributed by atoms with Crippen LogP contribution in [0.3, 0.4) is 0 Å². The highest BCUT2D eigenvalue weighted by Gasteiger charge is 2.09. The lowest BCUT2D eigenvalue weighted by Gasteiger charge is -2.04. The smallest absolute Gasteiger partial charge is 0.305 e. The molecule has 0 N–H and O–H groups in total. The summed E-state index contributed by atoms with van der Waals surface area (Å²) in [6, 6.07) is 7.99. The maximum absolute atomic E-state index is 11.0. The lowest BCUT2D eigenvalue weighted by atomic mass is 10.2. The summed E-state index contributed by atoms with van der Waals surface area (Å²) in [5, 5.41) is 12.4. The number of esters is 1. The summed E-state index contributed by atoms with van der Waals surface area (Å²) in [4.78, 5) is 11.0. The van der Waals surface area contributed by atoms with Gasteiger partial charge in [0.1, 0.15) is 0 Å². The molecule has 0 fully saturated rings. The van der Waals surface area contributed by atoms with E-state index in [9.17, 15) is 4.79 Å². The van der Waals surface area contributed by atoms with E-state index in [1.54, 1.807) is 4.68 Å². The van der Waals surface area contributed by atoms with Crippen molar-refractivity contribution in [3.05, 3.63) is 29.8 Å². The fourth-order valence-electron chi connectivity index (χ4n) is 1.60. The summed E-state index contributed by atoms with van der Waals surface area (Å²) in [5.41, 5.74) is 2.12. The van der Waals surface area contributed by atoms with Crippen molar-refractivity contribution in [2.45, 2.75) is 24.9 Å². The third kappa shape index (κ3) is 3.80. The topological polar surface area (TPSA) is 69.9 Å². The average molecular weight is 292 g/mol. The van der Waals surface area contributed by atoms with Crippen LogP contribution < -0.4 is 0 Å². The Kier molecular flexibility index (Phi) is 5.11. The lowest BCUT2D eigenvalue weighted by Crippen LogP contribution is -2.01. The molecule has 0 unspecified atom stereocenters. The molecule has 0 spiro atoms. The third-order valence-electron chi connectivity index (χ3n) is 2.70. The van der Waals surface area contributed by atoms with Crippen molar-refractivity contribution < 1.29 is 9.53 Å². The number of aromatic nitrogens is 4. The molecule has 2 rings (SSSR count). The fraction of sp³-hybridized carbons (Fsp3) is 0.385. The second kappa shape index (κ2) is 7.04. The molecule has 20 heavy (non-hydrogen) atoms. The number of carbonyl (C=O) groups excluding carboxylic acids is 1. The number of hydrogen-bond acceptors (Lipinski definition) is 6. The number of aryl methyl sites for hydroxylation is 1. The Balaban J connectivity index is 1.95. The quantitative estimate of drug-likeness (QED) is 0.461. The summed E-state index contributed by atoms with van der Waals surface area (Å²) in [6.07, 6.45) is 1.15. The molecule has 1 heterocycles. The first-order valence-corrected chi connectivity index (χ1v) is 7.24. The van der Waals surface area contributed by atoms with Crippen molar-refractivity contribution in [3.63, 3.8) is 0 Å². The molecule has 1 aromatic heterocycles. The van der Waals surface area contributed by atoms with Gasteiger partial charge in [-0.3, -0.25) is 4.79 Å². The van der Waals surface area contributed by atoms with E-state index in [4.69, 9.17) is 0 Å². The zero-order valence-electron chi connectivity index (χ0n) is 11.4. The predicted molar refractivity (Wildman–Crippen MR) is 75.9 cm³/mol. The summed E-state index contributed by atoms with van der Waals surface area (Å²) >= 11 is 1.52. The molecule has 0 aliphatic rings. The van der Waals surface area contributed by atoms with Crippen LogP contribution in [-0.4, -0.2) is 39.0 Å². The zero-order valence-corrected chi connectivity index (χ0v) is 12.3. The molecule has 0 atom stereocenters. The molecule has 7 heteroatoms. The number of ether oxygens (including phenoxy) is 1. The van der Waals surface area contributed by atoms with E-state index in [1.807, 2.05) is 31.2 Å². The normalized spacial score (nSPS) is 10.5. The van der Waals surface area contributed by atoms with Gasteiger partial charge >= 0.3 is 5.97 Å². The van der Waals surface area contributed by atoms with Gasteiger partial charge in [0.05, 0.1) is 12.8 Å². The predicted octanol–water partition coefficient (Wildman–Crippen LogP) is 2.02. The third-order valence-corrected chi connectivity index (χ3v) is 3.71. The van der Waals surface area contributed by atoms with Crippen LogP contribution >= 0.6 is 11.8 Å². The maximum atomic E-state index is 11.0. The molecule has 0 saturated carbocycles. The number of nitrogens with zero attached hydrogens (tertiary/aromatic N) is 4. The molecule has 1 aromatic carbocycles. The van der Waals surface area contributed by atoms with Crippen LogP contribution in [0.15, 0.2) is 29.4 Å². The number of tetrazole rings is 1. The second-order valence-corrected chi connectivity index (χ2v) is 5.30. The van der Waals surface area contributed by atoms with Crippen molar-refractivity contribution in [1.29, 1.82) is 0 Å². The number of benzene rings is 1. The Hall–Kier alpha value is -1.89. The molecule has 0 radical (unpaired) electrons. The van der Waals surface area contributed by atoms with Gasteiger partial charge in [0.15, 0.2) is 0 Å². The highest BCUT2D eigenvalue weighted by atomic mass is 32.2. The van der Waals surface area contributed by atoms with Crippen LogP contribution in [-0.2, 0) is 9.53 Å². The van der Waals surface area contributed by atoms with E-state index in [1.165, 1.54) is 24.4 Å². The van der Waals surface area contributed by atoms with Gasteiger partial charge in [-0.1, -0.05) is 29.5 Å². The Morgan fingerprint density at radius 1 is 1.35 bits per heavy atom. The van der Waals surface area contributed by atoms with Crippen LogP contribution in [0.5, 0.6) is 0 Å². The Bertz CT molecular complexity index is 568. The maximum Gasteiger partial charge on any atom is 0.305 e. The Morgan fingerprint density at radius 2 is 2.10 bits per heavy atom. The van der Waals surface area contributed by atoms with Crippen molar-refractivity contribution in [2.75, 3.05) is 12.9 Å². The zero-order chi connectivity index (χ0) is 14.4. The van der Waals surface area contributed by atoms with Crippen LogP contribution in [0.1, 0.15) is 18.4 Å².